The summed E-state index contributed by atoms with van der Waals surface area (Å²) in [4.78, 5) is 0. The first-order chi connectivity index (χ1) is 13.8. The second-order valence-electron chi connectivity index (χ2n) is 6.27. The van der Waals surface area contributed by atoms with Crippen LogP contribution in [0.1, 0.15) is 24.1 Å². The van der Waals surface area contributed by atoms with Gasteiger partial charge >= 0.3 is 6.36 Å². The third-order valence-corrected chi connectivity index (χ3v) is 4.13. The first-order valence-corrected chi connectivity index (χ1v) is 8.74. The summed E-state index contributed by atoms with van der Waals surface area (Å²) in [7, 11) is 0. The Morgan fingerprint density at radius 3 is 2.59 bits per heavy atom. The number of hydrogen-bond donors (Lipinski definition) is 1. The van der Waals surface area contributed by atoms with E-state index < -0.39 is 23.7 Å². The molecular formula is C20H17F5N2O2. The maximum Gasteiger partial charge on any atom is 0.573 e. The molecule has 4 nitrogen and oxygen atoms in total. The Balaban J connectivity index is 2.02. The van der Waals surface area contributed by atoms with Crippen molar-refractivity contribution in [1.82, 2.24) is 9.78 Å². The van der Waals surface area contributed by atoms with Crippen LogP contribution in [-0.4, -0.2) is 27.9 Å². The molecule has 0 saturated heterocycles. The SMILES string of the molecule is OCCC/C=C/c1nn(Cc2ccc(F)cc2F)c2cc(OC(F)(F)F)ccc12. The number of nitrogens with zero attached hydrogens (tertiary/aromatic N) is 2. The molecule has 0 bridgehead atoms. The normalized spacial score (nSPS) is 12.2. The third kappa shape index (κ3) is 5.32. The molecule has 0 spiro atoms. The van der Waals surface area contributed by atoms with Gasteiger partial charge in [-0.05, 0) is 37.1 Å². The summed E-state index contributed by atoms with van der Waals surface area (Å²) in [5, 5.41) is 13.7. The van der Waals surface area contributed by atoms with Crippen molar-refractivity contribution in [3.8, 4) is 5.75 Å². The lowest BCUT2D eigenvalue weighted by atomic mass is 10.1. The minimum absolute atomic E-state index is 0.0293. The van der Waals surface area contributed by atoms with Gasteiger partial charge in [0.1, 0.15) is 17.4 Å². The van der Waals surface area contributed by atoms with E-state index in [1.807, 2.05) is 0 Å². The standard InChI is InChI=1S/C20H17F5N2O2/c21-14-6-5-13(17(22)10-14)12-27-19-11-15(29-20(23,24)25)7-8-16(19)18(26-27)4-2-1-3-9-28/h2,4-8,10-11,28H,1,3,9,12H2/b4-2+. The van der Waals surface area contributed by atoms with E-state index in [0.29, 0.717) is 29.4 Å². The molecule has 0 aliphatic carbocycles. The Kier molecular flexibility index (Phi) is 6.17. The van der Waals surface area contributed by atoms with Crippen molar-refractivity contribution >= 4 is 17.0 Å². The smallest absolute Gasteiger partial charge is 0.406 e. The monoisotopic (exact) mass is 412 g/mol. The molecule has 29 heavy (non-hydrogen) atoms. The molecule has 3 rings (SSSR count). The molecule has 0 aliphatic heterocycles. The molecule has 2 aromatic carbocycles. The van der Waals surface area contributed by atoms with Crippen molar-refractivity contribution in [3.05, 3.63) is 65.4 Å². The Labute approximate surface area is 162 Å². The fraction of sp³-hybridized carbons (Fsp3) is 0.250. The van der Waals surface area contributed by atoms with Crippen molar-refractivity contribution in [2.24, 2.45) is 0 Å². The molecular weight excluding hydrogens is 395 g/mol. The molecule has 154 valence electrons. The number of unbranched alkanes of at least 4 members (excludes halogenated alkanes) is 1. The van der Waals surface area contributed by atoms with E-state index in [1.54, 1.807) is 12.2 Å². The first-order valence-electron chi connectivity index (χ1n) is 8.74. The Morgan fingerprint density at radius 1 is 1.10 bits per heavy atom. The minimum atomic E-state index is -4.85. The summed E-state index contributed by atoms with van der Waals surface area (Å²) in [5.41, 5.74) is 0.907. The van der Waals surface area contributed by atoms with E-state index in [1.165, 1.54) is 28.9 Å². The lowest BCUT2D eigenvalue weighted by Gasteiger charge is -2.10. The second-order valence-corrected chi connectivity index (χ2v) is 6.27. The topological polar surface area (TPSA) is 47.3 Å². The van der Waals surface area contributed by atoms with Gasteiger partial charge in [-0.2, -0.15) is 5.10 Å². The number of alkyl halides is 3. The highest BCUT2D eigenvalue weighted by molar-refractivity contribution is 5.88. The number of aromatic nitrogens is 2. The highest BCUT2D eigenvalue weighted by Gasteiger charge is 2.31. The quantitative estimate of drug-likeness (QED) is 0.437. The molecule has 1 heterocycles. The predicted molar refractivity (Wildman–Crippen MR) is 97.2 cm³/mol. The summed E-state index contributed by atoms with van der Waals surface area (Å²) in [5.74, 6) is -1.94. The van der Waals surface area contributed by atoms with E-state index >= 15 is 0 Å². The number of rotatable bonds is 7. The molecule has 0 saturated carbocycles. The molecule has 0 fully saturated rings. The van der Waals surface area contributed by atoms with Crippen molar-refractivity contribution in [1.29, 1.82) is 0 Å². The van der Waals surface area contributed by atoms with E-state index in [-0.39, 0.29) is 18.7 Å². The van der Waals surface area contributed by atoms with Gasteiger partial charge in [0, 0.05) is 29.7 Å². The largest absolute Gasteiger partial charge is 0.573 e. The highest BCUT2D eigenvalue weighted by Crippen LogP contribution is 2.29. The molecule has 0 radical (unpaired) electrons. The number of ether oxygens (including phenoxy) is 1. The van der Waals surface area contributed by atoms with Crippen molar-refractivity contribution < 1.29 is 31.8 Å². The Bertz CT molecular complexity index is 1030. The van der Waals surface area contributed by atoms with Gasteiger partial charge in [-0.25, -0.2) is 8.78 Å². The summed E-state index contributed by atoms with van der Waals surface area (Å²) in [6, 6.07) is 6.86. The van der Waals surface area contributed by atoms with Gasteiger partial charge in [0.25, 0.3) is 0 Å². The average molecular weight is 412 g/mol. The number of hydrogen-bond acceptors (Lipinski definition) is 3. The molecule has 1 N–H and O–H groups in total. The van der Waals surface area contributed by atoms with Crippen molar-refractivity contribution in [3.63, 3.8) is 0 Å². The van der Waals surface area contributed by atoms with Crippen LogP contribution in [-0.2, 0) is 6.54 Å². The molecule has 0 unspecified atom stereocenters. The van der Waals surface area contributed by atoms with Gasteiger partial charge in [-0.1, -0.05) is 12.1 Å². The fourth-order valence-corrected chi connectivity index (χ4v) is 2.84. The zero-order chi connectivity index (χ0) is 21.0. The number of allylic oxidation sites excluding steroid dienone is 1. The molecule has 1 aromatic heterocycles. The lowest BCUT2D eigenvalue weighted by Crippen LogP contribution is -2.17. The average Bonchev–Trinajstić information content (AvgIpc) is 2.97. The number of benzene rings is 2. The fourth-order valence-electron chi connectivity index (χ4n) is 2.84. The molecule has 0 amide bonds. The molecule has 9 heteroatoms. The summed E-state index contributed by atoms with van der Waals surface area (Å²) >= 11 is 0. The molecule has 0 aliphatic rings. The highest BCUT2D eigenvalue weighted by atomic mass is 19.4. The number of halogens is 5. The van der Waals surface area contributed by atoms with Crippen LogP contribution < -0.4 is 4.74 Å². The van der Waals surface area contributed by atoms with E-state index in [0.717, 1.165) is 12.1 Å². The number of aliphatic hydroxyl groups is 1. The Hall–Kier alpha value is -2.94. The van der Waals surface area contributed by atoms with E-state index in [4.69, 9.17) is 5.11 Å². The van der Waals surface area contributed by atoms with E-state index in [2.05, 4.69) is 9.84 Å². The van der Waals surface area contributed by atoms with E-state index in [9.17, 15) is 22.0 Å². The van der Waals surface area contributed by atoms with Crippen LogP contribution in [0.25, 0.3) is 17.0 Å². The van der Waals surface area contributed by atoms with Gasteiger partial charge in [-0.15, -0.1) is 13.2 Å². The van der Waals surface area contributed by atoms with Gasteiger partial charge in [0.2, 0.25) is 0 Å². The van der Waals surface area contributed by atoms with Gasteiger partial charge in [0.05, 0.1) is 17.8 Å². The third-order valence-electron chi connectivity index (χ3n) is 4.13. The zero-order valence-corrected chi connectivity index (χ0v) is 15.1. The van der Waals surface area contributed by atoms with Crippen LogP contribution in [0, 0.1) is 11.6 Å². The predicted octanol–water partition coefficient (Wildman–Crippen LogP) is 5.05. The minimum Gasteiger partial charge on any atom is -0.406 e. The van der Waals surface area contributed by atoms with Crippen molar-refractivity contribution in [2.45, 2.75) is 25.7 Å². The van der Waals surface area contributed by atoms with Gasteiger partial charge in [0.15, 0.2) is 0 Å². The summed E-state index contributed by atoms with van der Waals surface area (Å²) in [6.07, 6.45) is -0.248. The van der Waals surface area contributed by atoms with Crippen LogP contribution in [0.2, 0.25) is 0 Å². The van der Waals surface area contributed by atoms with Crippen LogP contribution >= 0.6 is 0 Å². The van der Waals surface area contributed by atoms with Crippen LogP contribution in [0.15, 0.2) is 42.5 Å². The lowest BCUT2D eigenvalue weighted by molar-refractivity contribution is -0.274. The van der Waals surface area contributed by atoms with Crippen LogP contribution in [0.4, 0.5) is 22.0 Å². The number of aliphatic hydroxyl groups excluding tert-OH is 1. The van der Waals surface area contributed by atoms with Gasteiger partial charge in [-0.3, -0.25) is 4.68 Å². The molecule has 3 aromatic rings. The Morgan fingerprint density at radius 2 is 1.90 bits per heavy atom. The van der Waals surface area contributed by atoms with Crippen LogP contribution in [0.3, 0.4) is 0 Å². The zero-order valence-electron chi connectivity index (χ0n) is 15.1. The summed E-state index contributed by atoms with van der Waals surface area (Å²) < 4.78 is 70.2. The number of fused-ring (bicyclic) bond motifs is 1. The molecule has 0 atom stereocenters. The van der Waals surface area contributed by atoms with Crippen molar-refractivity contribution in [2.75, 3.05) is 6.61 Å². The van der Waals surface area contributed by atoms with Gasteiger partial charge < -0.3 is 9.84 Å². The maximum atomic E-state index is 14.0. The second kappa shape index (κ2) is 8.60. The van der Waals surface area contributed by atoms with Crippen LogP contribution in [0.5, 0.6) is 5.75 Å². The summed E-state index contributed by atoms with van der Waals surface area (Å²) in [6.45, 7) is -0.0793. The maximum absolute atomic E-state index is 14.0. The first kappa shape index (κ1) is 20.8.